The summed E-state index contributed by atoms with van der Waals surface area (Å²) in [5.41, 5.74) is 2.59. The number of methoxy groups -OCH3 is 1. The Morgan fingerprint density at radius 2 is 1.64 bits per heavy atom. The molecule has 0 N–H and O–H groups in total. The number of carbonyl (C=O) groups excluding carboxylic acids is 1. The number of halogens is 1. The standard InChI is InChI=1S/C20H18FN3O3S/c1-3-27-17(25)12-28-20-22-18(13-4-8-15(21)9-5-13)19(23-24-20)14-6-10-16(26-2)11-7-14/h4-11H,3,12H2,1-2H3. The van der Waals surface area contributed by atoms with Gasteiger partial charge in [-0.25, -0.2) is 9.37 Å². The molecule has 0 saturated carbocycles. The van der Waals surface area contributed by atoms with E-state index in [1.807, 2.05) is 24.3 Å². The topological polar surface area (TPSA) is 74.2 Å². The molecule has 28 heavy (non-hydrogen) atoms. The van der Waals surface area contributed by atoms with E-state index in [1.54, 1.807) is 26.2 Å². The van der Waals surface area contributed by atoms with Crippen LogP contribution in [-0.4, -0.2) is 40.6 Å². The molecule has 0 spiro atoms. The minimum Gasteiger partial charge on any atom is -0.497 e. The van der Waals surface area contributed by atoms with E-state index in [0.29, 0.717) is 28.7 Å². The molecule has 3 rings (SSSR count). The van der Waals surface area contributed by atoms with Gasteiger partial charge >= 0.3 is 5.97 Å². The molecule has 0 fully saturated rings. The Morgan fingerprint density at radius 3 is 2.29 bits per heavy atom. The fourth-order valence-corrected chi connectivity index (χ4v) is 3.04. The summed E-state index contributed by atoms with van der Waals surface area (Å²) in [4.78, 5) is 16.1. The highest BCUT2D eigenvalue weighted by molar-refractivity contribution is 7.99. The molecule has 1 heterocycles. The molecule has 0 unspecified atom stereocenters. The molecule has 0 amide bonds. The van der Waals surface area contributed by atoms with Crippen LogP contribution >= 0.6 is 11.8 Å². The highest BCUT2D eigenvalue weighted by Gasteiger charge is 2.15. The second-order valence-corrected chi connectivity index (χ2v) is 6.56. The Bertz CT molecular complexity index is 950. The third kappa shape index (κ3) is 4.83. The van der Waals surface area contributed by atoms with E-state index in [1.165, 1.54) is 12.1 Å². The van der Waals surface area contributed by atoms with Crippen LogP contribution in [0.5, 0.6) is 5.75 Å². The van der Waals surface area contributed by atoms with Crippen molar-refractivity contribution in [1.82, 2.24) is 15.2 Å². The third-order valence-corrected chi connectivity index (χ3v) is 4.58. The molecule has 0 aliphatic heterocycles. The minimum atomic E-state index is -0.348. The van der Waals surface area contributed by atoms with E-state index in [-0.39, 0.29) is 17.5 Å². The normalized spacial score (nSPS) is 10.5. The average molecular weight is 399 g/mol. The second-order valence-electron chi connectivity index (χ2n) is 5.62. The highest BCUT2D eigenvalue weighted by Crippen LogP contribution is 2.31. The largest absolute Gasteiger partial charge is 0.497 e. The smallest absolute Gasteiger partial charge is 0.316 e. The van der Waals surface area contributed by atoms with Gasteiger partial charge in [0.05, 0.1) is 19.5 Å². The maximum absolute atomic E-state index is 13.4. The number of aromatic nitrogens is 3. The van der Waals surface area contributed by atoms with Gasteiger partial charge in [0.15, 0.2) is 0 Å². The van der Waals surface area contributed by atoms with Gasteiger partial charge in [-0.1, -0.05) is 11.8 Å². The summed E-state index contributed by atoms with van der Waals surface area (Å²) in [7, 11) is 1.59. The molecule has 0 bridgehead atoms. The van der Waals surface area contributed by atoms with Gasteiger partial charge in [0.1, 0.15) is 23.0 Å². The van der Waals surface area contributed by atoms with Crippen molar-refractivity contribution in [2.75, 3.05) is 19.5 Å². The first-order valence-corrected chi connectivity index (χ1v) is 9.52. The van der Waals surface area contributed by atoms with Gasteiger partial charge in [-0.15, -0.1) is 10.2 Å². The summed E-state index contributed by atoms with van der Waals surface area (Å²) in [5.74, 6) is 0.113. The van der Waals surface area contributed by atoms with Crippen molar-refractivity contribution in [2.45, 2.75) is 12.1 Å². The van der Waals surface area contributed by atoms with E-state index >= 15 is 0 Å². The van der Waals surface area contributed by atoms with E-state index in [0.717, 1.165) is 23.1 Å². The lowest BCUT2D eigenvalue weighted by molar-refractivity contribution is -0.139. The molecule has 0 aliphatic carbocycles. The molecule has 0 saturated heterocycles. The predicted octanol–water partition coefficient (Wildman–Crippen LogP) is 4.01. The van der Waals surface area contributed by atoms with Gasteiger partial charge in [0.2, 0.25) is 5.16 Å². The first-order chi connectivity index (χ1) is 13.6. The number of rotatable bonds is 7. The molecular formula is C20H18FN3O3S. The van der Waals surface area contributed by atoms with Crippen LogP contribution in [0.1, 0.15) is 6.92 Å². The fraction of sp³-hybridized carbons (Fsp3) is 0.200. The molecular weight excluding hydrogens is 381 g/mol. The van der Waals surface area contributed by atoms with Crippen LogP contribution in [0, 0.1) is 5.82 Å². The number of esters is 1. The van der Waals surface area contributed by atoms with Gasteiger partial charge in [0.25, 0.3) is 0 Å². The van der Waals surface area contributed by atoms with Crippen molar-refractivity contribution in [3.8, 4) is 28.3 Å². The zero-order chi connectivity index (χ0) is 19.9. The summed E-state index contributed by atoms with van der Waals surface area (Å²) < 4.78 is 23.5. The lowest BCUT2D eigenvalue weighted by Crippen LogP contribution is -2.08. The number of benzene rings is 2. The number of nitrogens with zero attached hydrogens (tertiary/aromatic N) is 3. The van der Waals surface area contributed by atoms with Crippen LogP contribution in [0.2, 0.25) is 0 Å². The fourth-order valence-electron chi connectivity index (χ4n) is 2.45. The van der Waals surface area contributed by atoms with Crippen LogP contribution in [0.3, 0.4) is 0 Å². The van der Waals surface area contributed by atoms with Crippen molar-refractivity contribution in [3.05, 3.63) is 54.3 Å². The predicted molar refractivity (Wildman–Crippen MR) is 105 cm³/mol. The Hall–Kier alpha value is -3.00. The van der Waals surface area contributed by atoms with Crippen LogP contribution < -0.4 is 4.74 Å². The molecule has 0 radical (unpaired) electrons. The SMILES string of the molecule is CCOC(=O)CSc1nnc(-c2ccc(OC)cc2)c(-c2ccc(F)cc2)n1. The molecule has 144 valence electrons. The molecule has 6 nitrogen and oxygen atoms in total. The summed E-state index contributed by atoms with van der Waals surface area (Å²) in [5, 5.41) is 8.77. The summed E-state index contributed by atoms with van der Waals surface area (Å²) in [6, 6.07) is 13.3. The van der Waals surface area contributed by atoms with E-state index in [4.69, 9.17) is 9.47 Å². The number of hydrogen-bond acceptors (Lipinski definition) is 7. The minimum absolute atomic E-state index is 0.0836. The van der Waals surface area contributed by atoms with Gasteiger partial charge in [-0.2, -0.15) is 0 Å². The first kappa shape index (κ1) is 19.8. The molecule has 0 aliphatic rings. The van der Waals surface area contributed by atoms with Crippen LogP contribution in [0.25, 0.3) is 22.5 Å². The lowest BCUT2D eigenvalue weighted by atomic mass is 10.0. The zero-order valence-corrected chi connectivity index (χ0v) is 16.2. The Kier molecular flexibility index (Phi) is 6.54. The van der Waals surface area contributed by atoms with Crippen LogP contribution in [0.15, 0.2) is 53.7 Å². The molecule has 0 atom stereocenters. The Labute approximate surface area is 166 Å². The maximum atomic E-state index is 13.4. The van der Waals surface area contributed by atoms with Crippen LogP contribution in [0.4, 0.5) is 4.39 Å². The lowest BCUT2D eigenvalue weighted by Gasteiger charge is -2.10. The molecule has 2 aromatic carbocycles. The maximum Gasteiger partial charge on any atom is 0.316 e. The first-order valence-electron chi connectivity index (χ1n) is 8.54. The summed E-state index contributed by atoms with van der Waals surface area (Å²) in [6.45, 7) is 2.06. The van der Waals surface area contributed by atoms with Gasteiger partial charge in [0, 0.05) is 11.1 Å². The van der Waals surface area contributed by atoms with Crippen LogP contribution in [-0.2, 0) is 9.53 Å². The van der Waals surface area contributed by atoms with E-state index in [9.17, 15) is 9.18 Å². The van der Waals surface area contributed by atoms with Gasteiger partial charge in [-0.3, -0.25) is 4.79 Å². The van der Waals surface area contributed by atoms with Gasteiger partial charge < -0.3 is 9.47 Å². The van der Waals surface area contributed by atoms with Gasteiger partial charge in [-0.05, 0) is 55.5 Å². The highest BCUT2D eigenvalue weighted by atomic mass is 32.2. The number of ether oxygens (including phenoxy) is 2. The average Bonchev–Trinajstić information content (AvgIpc) is 2.73. The summed E-state index contributed by atoms with van der Waals surface area (Å²) in [6.07, 6.45) is 0. The summed E-state index contributed by atoms with van der Waals surface area (Å²) >= 11 is 1.14. The second kappa shape index (κ2) is 9.27. The molecule has 1 aromatic heterocycles. The van der Waals surface area contributed by atoms with E-state index < -0.39 is 0 Å². The van der Waals surface area contributed by atoms with Crippen molar-refractivity contribution in [2.24, 2.45) is 0 Å². The number of thioether (sulfide) groups is 1. The molecule has 8 heteroatoms. The molecule has 3 aromatic rings. The Morgan fingerprint density at radius 1 is 1.00 bits per heavy atom. The van der Waals surface area contributed by atoms with Crippen molar-refractivity contribution in [1.29, 1.82) is 0 Å². The van der Waals surface area contributed by atoms with Crippen molar-refractivity contribution in [3.63, 3.8) is 0 Å². The number of carbonyl (C=O) groups is 1. The zero-order valence-electron chi connectivity index (χ0n) is 15.4. The third-order valence-electron chi connectivity index (χ3n) is 3.77. The van der Waals surface area contributed by atoms with E-state index in [2.05, 4.69) is 15.2 Å². The quantitative estimate of drug-likeness (QED) is 0.439. The van der Waals surface area contributed by atoms with Crippen molar-refractivity contribution >= 4 is 17.7 Å². The number of hydrogen-bond donors (Lipinski definition) is 0. The van der Waals surface area contributed by atoms with Crippen molar-refractivity contribution < 1.29 is 18.7 Å². The Balaban J connectivity index is 1.98. The monoisotopic (exact) mass is 399 g/mol.